The molecule has 3 nitrogen and oxygen atoms in total. The van der Waals surface area contributed by atoms with Crippen molar-refractivity contribution >= 4 is 0 Å². The Hall–Kier alpha value is -0.800. The van der Waals surface area contributed by atoms with Gasteiger partial charge in [-0.15, -0.1) is 0 Å². The fourth-order valence-electron chi connectivity index (χ4n) is 3.00. The van der Waals surface area contributed by atoms with Crippen molar-refractivity contribution in [3.05, 3.63) is 24.2 Å². The third kappa shape index (κ3) is 2.40. The summed E-state index contributed by atoms with van der Waals surface area (Å²) in [6, 6.07) is 3.66. The summed E-state index contributed by atoms with van der Waals surface area (Å²) in [6.07, 6.45) is 6.64. The van der Waals surface area contributed by atoms with E-state index in [1.54, 1.807) is 6.26 Å². The van der Waals surface area contributed by atoms with Gasteiger partial charge < -0.3 is 15.3 Å². The maximum absolute atomic E-state index is 10.5. The molecule has 0 saturated heterocycles. The first kappa shape index (κ1) is 12.7. The van der Waals surface area contributed by atoms with Gasteiger partial charge in [-0.1, -0.05) is 13.3 Å². The van der Waals surface area contributed by atoms with Gasteiger partial charge in [0.05, 0.1) is 6.26 Å². The third-order valence-electron chi connectivity index (χ3n) is 4.48. The number of aliphatic hydroxyl groups excluding tert-OH is 1. The number of hydrogen-bond donors (Lipinski definition) is 2. The molecule has 0 bridgehead atoms. The van der Waals surface area contributed by atoms with Crippen LogP contribution < -0.4 is 5.73 Å². The standard InChI is InChI=1S/C14H23NO2/c1-2-11-5-7-14(10-15,8-6-11)13(16)12-4-3-9-17-12/h3-4,9,11,13,16H,2,5-8,10,15H2,1H3. The SMILES string of the molecule is CCC1CCC(CN)(C(O)c2ccco2)CC1. The fraction of sp³-hybridized carbons (Fsp3) is 0.714. The van der Waals surface area contributed by atoms with E-state index in [1.807, 2.05) is 12.1 Å². The molecule has 0 amide bonds. The second kappa shape index (κ2) is 5.23. The molecular weight excluding hydrogens is 214 g/mol. The molecule has 3 N–H and O–H groups in total. The van der Waals surface area contributed by atoms with Crippen LogP contribution in [-0.2, 0) is 0 Å². The van der Waals surface area contributed by atoms with Crippen molar-refractivity contribution in [3.8, 4) is 0 Å². The molecule has 1 aromatic rings. The smallest absolute Gasteiger partial charge is 0.132 e. The van der Waals surface area contributed by atoms with E-state index in [4.69, 9.17) is 10.2 Å². The second-order valence-electron chi connectivity index (χ2n) is 5.34. The van der Waals surface area contributed by atoms with Gasteiger partial charge in [-0.05, 0) is 43.7 Å². The van der Waals surface area contributed by atoms with Crippen molar-refractivity contribution < 1.29 is 9.52 Å². The molecule has 17 heavy (non-hydrogen) atoms. The van der Waals surface area contributed by atoms with E-state index in [-0.39, 0.29) is 5.41 Å². The first-order valence-corrected chi connectivity index (χ1v) is 6.63. The molecule has 1 aliphatic carbocycles. The topological polar surface area (TPSA) is 59.4 Å². The zero-order valence-electron chi connectivity index (χ0n) is 10.6. The lowest BCUT2D eigenvalue weighted by Gasteiger charge is -2.41. The van der Waals surface area contributed by atoms with E-state index < -0.39 is 6.10 Å². The number of rotatable bonds is 4. The van der Waals surface area contributed by atoms with Crippen LogP contribution in [0.1, 0.15) is 50.9 Å². The lowest BCUT2D eigenvalue weighted by Crippen LogP contribution is -2.40. The Bertz CT molecular complexity index is 326. The minimum Gasteiger partial charge on any atom is -0.467 e. The molecule has 3 heteroatoms. The summed E-state index contributed by atoms with van der Waals surface area (Å²) in [5.74, 6) is 1.46. The molecule has 96 valence electrons. The van der Waals surface area contributed by atoms with Crippen LogP contribution in [0.4, 0.5) is 0 Å². The summed E-state index contributed by atoms with van der Waals surface area (Å²) >= 11 is 0. The Balaban J connectivity index is 2.10. The molecule has 1 atom stereocenters. The van der Waals surface area contributed by atoms with Gasteiger partial charge in [0.15, 0.2) is 0 Å². The first-order valence-electron chi connectivity index (χ1n) is 6.63. The van der Waals surface area contributed by atoms with E-state index in [2.05, 4.69) is 6.92 Å². The van der Waals surface area contributed by atoms with Crippen LogP contribution in [0, 0.1) is 11.3 Å². The van der Waals surface area contributed by atoms with Crippen LogP contribution in [0.15, 0.2) is 22.8 Å². The maximum Gasteiger partial charge on any atom is 0.132 e. The highest BCUT2D eigenvalue weighted by atomic mass is 16.4. The van der Waals surface area contributed by atoms with Crippen molar-refractivity contribution in [2.24, 2.45) is 17.1 Å². The summed E-state index contributed by atoms with van der Waals surface area (Å²) in [7, 11) is 0. The summed E-state index contributed by atoms with van der Waals surface area (Å²) < 4.78 is 5.32. The maximum atomic E-state index is 10.5. The van der Waals surface area contributed by atoms with E-state index in [0.717, 1.165) is 18.8 Å². The Morgan fingerprint density at radius 3 is 2.71 bits per heavy atom. The predicted octanol–water partition coefficient (Wildman–Crippen LogP) is 2.86. The lowest BCUT2D eigenvalue weighted by molar-refractivity contribution is -0.0229. The number of aliphatic hydroxyl groups is 1. The number of nitrogens with two attached hydrogens (primary N) is 1. The van der Waals surface area contributed by atoms with Crippen LogP contribution in [0.2, 0.25) is 0 Å². The Morgan fingerprint density at radius 1 is 1.53 bits per heavy atom. The van der Waals surface area contributed by atoms with Crippen LogP contribution >= 0.6 is 0 Å². The highest BCUT2D eigenvalue weighted by Crippen LogP contribution is 2.47. The fourth-order valence-corrected chi connectivity index (χ4v) is 3.00. The first-order chi connectivity index (χ1) is 8.22. The highest BCUT2D eigenvalue weighted by Gasteiger charge is 2.41. The van der Waals surface area contributed by atoms with Crippen molar-refractivity contribution in [1.82, 2.24) is 0 Å². The highest BCUT2D eigenvalue weighted by molar-refractivity contribution is 5.08. The van der Waals surface area contributed by atoms with Crippen molar-refractivity contribution in [2.75, 3.05) is 6.54 Å². The van der Waals surface area contributed by atoms with Gasteiger partial charge in [-0.2, -0.15) is 0 Å². The monoisotopic (exact) mass is 237 g/mol. The molecule has 1 unspecified atom stereocenters. The van der Waals surface area contributed by atoms with E-state index in [9.17, 15) is 5.11 Å². The minimum atomic E-state index is -0.555. The normalized spacial score (nSPS) is 31.4. The van der Waals surface area contributed by atoms with Crippen molar-refractivity contribution in [2.45, 2.75) is 45.1 Å². The molecule has 1 saturated carbocycles. The molecule has 0 spiro atoms. The van der Waals surface area contributed by atoms with E-state index >= 15 is 0 Å². The van der Waals surface area contributed by atoms with E-state index in [1.165, 1.54) is 19.3 Å². The van der Waals surface area contributed by atoms with Gasteiger partial charge in [0.25, 0.3) is 0 Å². The second-order valence-corrected chi connectivity index (χ2v) is 5.34. The number of hydrogen-bond acceptors (Lipinski definition) is 3. The summed E-state index contributed by atoms with van der Waals surface area (Å²) in [5.41, 5.74) is 5.75. The molecule has 0 aliphatic heterocycles. The molecule has 2 rings (SSSR count). The average molecular weight is 237 g/mol. The van der Waals surface area contributed by atoms with Crippen LogP contribution in [0.25, 0.3) is 0 Å². The molecule has 1 heterocycles. The van der Waals surface area contributed by atoms with Gasteiger partial charge in [0, 0.05) is 12.0 Å². The van der Waals surface area contributed by atoms with Crippen molar-refractivity contribution in [3.63, 3.8) is 0 Å². The number of furan rings is 1. The molecule has 1 aromatic heterocycles. The Labute approximate surface area is 103 Å². The van der Waals surface area contributed by atoms with Crippen LogP contribution in [0.3, 0.4) is 0 Å². The zero-order chi connectivity index (χ0) is 12.3. The van der Waals surface area contributed by atoms with Gasteiger partial charge >= 0.3 is 0 Å². The minimum absolute atomic E-state index is 0.177. The molecule has 0 aromatic carbocycles. The molecular formula is C14H23NO2. The van der Waals surface area contributed by atoms with E-state index in [0.29, 0.717) is 12.3 Å². The van der Waals surface area contributed by atoms with Gasteiger partial charge in [0.2, 0.25) is 0 Å². The average Bonchev–Trinajstić information content (AvgIpc) is 2.92. The summed E-state index contributed by atoms with van der Waals surface area (Å²) in [5, 5.41) is 10.5. The van der Waals surface area contributed by atoms with Gasteiger partial charge in [-0.3, -0.25) is 0 Å². The quantitative estimate of drug-likeness (QED) is 0.846. The van der Waals surface area contributed by atoms with Crippen LogP contribution in [-0.4, -0.2) is 11.7 Å². The van der Waals surface area contributed by atoms with Crippen LogP contribution in [0.5, 0.6) is 0 Å². The largest absolute Gasteiger partial charge is 0.467 e. The lowest BCUT2D eigenvalue weighted by atomic mass is 9.66. The van der Waals surface area contributed by atoms with Gasteiger partial charge in [0.1, 0.15) is 11.9 Å². The molecule has 1 fully saturated rings. The molecule has 0 radical (unpaired) electrons. The third-order valence-corrected chi connectivity index (χ3v) is 4.48. The zero-order valence-corrected chi connectivity index (χ0v) is 10.6. The van der Waals surface area contributed by atoms with Crippen molar-refractivity contribution in [1.29, 1.82) is 0 Å². The Morgan fingerprint density at radius 2 is 2.24 bits per heavy atom. The predicted molar refractivity (Wildman–Crippen MR) is 67.4 cm³/mol. The molecule has 1 aliphatic rings. The van der Waals surface area contributed by atoms with Gasteiger partial charge in [-0.25, -0.2) is 0 Å². The summed E-state index contributed by atoms with van der Waals surface area (Å²) in [6.45, 7) is 2.77. The Kier molecular flexibility index (Phi) is 3.89. The summed E-state index contributed by atoms with van der Waals surface area (Å²) in [4.78, 5) is 0.